The van der Waals surface area contributed by atoms with Crippen molar-refractivity contribution in [2.24, 2.45) is 0 Å². The molecule has 8 heteroatoms. The Bertz CT molecular complexity index is 1250. The van der Waals surface area contributed by atoms with Crippen LogP contribution in [0.25, 0.3) is 12.2 Å². The van der Waals surface area contributed by atoms with Crippen LogP contribution in [0.5, 0.6) is 0 Å². The van der Waals surface area contributed by atoms with E-state index in [1.54, 1.807) is 50.3 Å². The van der Waals surface area contributed by atoms with Crippen LogP contribution >= 0.6 is 0 Å². The lowest BCUT2D eigenvalue weighted by molar-refractivity contribution is -0.114. The molecule has 0 radical (unpaired) electrons. The number of benzene rings is 2. The summed E-state index contributed by atoms with van der Waals surface area (Å²) in [6, 6.07) is 10.7. The highest BCUT2D eigenvalue weighted by molar-refractivity contribution is 7.92. The normalized spacial score (nSPS) is 11.6. The first-order valence-corrected chi connectivity index (χ1v) is 11.2. The standard InChI is InChI=1S/C23H25N3O4S/c1-14-10-15(2)12-20(11-14)26-31(28,29)22-13-19(7-6-16(22)3)8-9-21-23(24-18(5)27)17(4)25-30-21/h6-13,26H,1-5H3,(H,24,27)/b9-8-. The van der Waals surface area contributed by atoms with Crippen molar-refractivity contribution in [2.45, 2.75) is 39.5 Å². The van der Waals surface area contributed by atoms with Crippen LogP contribution in [0.2, 0.25) is 0 Å². The minimum atomic E-state index is -3.78. The van der Waals surface area contributed by atoms with Gasteiger partial charge in [-0.05, 0) is 74.2 Å². The number of nitrogens with one attached hydrogen (secondary N) is 2. The molecule has 3 aromatic rings. The highest BCUT2D eigenvalue weighted by Gasteiger charge is 2.18. The molecule has 7 nitrogen and oxygen atoms in total. The van der Waals surface area contributed by atoms with Crippen molar-refractivity contribution in [1.82, 2.24) is 5.16 Å². The maximum Gasteiger partial charge on any atom is 0.262 e. The molecule has 0 fully saturated rings. The molecule has 0 aliphatic rings. The van der Waals surface area contributed by atoms with E-state index in [4.69, 9.17) is 4.52 Å². The molecule has 1 aromatic heterocycles. The highest BCUT2D eigenvalue weighted by Crippen LogP contribution is 2.25. The quantitative estimate of drug-likeness (QED) is 0.572. The largest absolute Gasteiger partial charge is 0.354 e. The Kier molecular flexibility index (Phi) is 6.31. The van der Waals surface area contributed by atoms with Crippen LogP contribution < -0.4 is 10.0 Å². The average molecular weight is 440 g/mol. The number of anilines is 2. The molecule has 2 N–H and O–H groups in total. The van der Waals surface area contributed by atoms with Crippen molar-refractivity contribution in [1.29, 1.82) is 0 Å². The number of aromatic nitrogens is 1. The average Bonchev–Trinajstić information content (AvgIpc) is 2.99. The van der Waals surface area contributed by atoms with Gasteiger partial charge in [-0.25, -0.2) is 8.42 Å². The maximum absolute atomic E-state index is 13.0. The zero-order valence-corrected chi connectivity index (χ0v) is 18.9. The molecule has 0 saturated carbocycles. The Hall–Kier alpha value is -3.39. The molecule has 0 aliphatic carbocycles. The van der Waals surface area contributed by atoms with Crippen LogP contribution in [0.15, 0.2) is 45.8 Å². The van der Waals surface area contributed by atoms with E-state index in [1.165, 1.54) is 6.92 Å². The van der Waals surface area contributed by atoms with Gasteiger partial charge in [0, 0.05) is 12.6 Å². The third kappa shape index (κ3) is 5.40. The minimum absolute atomic E-state index is 0.185. The topological polar surface area (TPSA) is 101 Å². The van der Waals surface area contributed by atoms with Gasteiger partial charge in [-0.2, -0.15) is 0 Å². The first-order valence-electron chi connectivity index (χ1n) is 9.69. The predicted molar refractivity (Wildman–Crippen MR) is 122 cm³/mol. The molecule has 3 rings (SSSR count). The number of aryl methyl sites for hydroxylation is 4. The molecule has 1 heterocycles. The molecule has 162 valence electrons. The van der Waals surface area contributed by atoms with Crippen molar-refractivity contribution < 1.29 is 17.7 Å². The number of sulfonamides is 1. The second-order valence-corrected chi connectivity index (χ2v) is 9.18. The highest BCUT2D eigenvalue weighted by atomic mass is 32.2. The van der Waals surface area contributed by atoms with E-state index in [-0.39, 0.29) is 10.8 Å². The van der Waals surface area contributed by atoms with Gasteiger partial charge < -0.3 is 9.84 Å². The van der Waals surface area contributed by atoms with Crippen molar-refractivity contribution >= 4 is 39.5 Å². The molecular weight excluding hydrogens is 414 g/mol. The van der Waals surface area contributed by atoms with E-state index in [1.807, 2.05) is 26.0 Å². The van der Waals surface area contributed by atoms with Crippen LogP contribution in [0.4, 0.5) is 11.4 Å². The van der Waals surface area contributed by atoms with E-state index in [2.05, 4.69) is 15.2 Å². The predicted octanol–water partition coefficient (Wildman–Crippen LogP) is 4.84. The summed E-state index contributed by atoms with van der Waals surface area (Å²) in [5.41, 5.74) is 4.80. The van der Waals surface area contributed by atoms with Crippen LogP contribution in [0.3, 0.4) is 0 Å². The summed E-state index contributed by atoms with van der Waals surface area (Å²) in [7, 11) is -3.78. The van der Waals surface area contributed by atoms with Gasteiger partial charge >= 0.3 is 0 Å². The lowest BCUT2D eigenvalue weighted by atomic mass is 10.1. The van der Waals surface area contributed by atoms with Crippen molar-refractivity contribution in [3.8, 4) is 0 Å². The first-order chi connectivity index (χ1) is 14.5. The number of hydrogen-bond donors (Lipinski definition) is 2. The molecular formula is C23H25N3O4S. The fourth-order valence-electron chi connectivity index (χ4n) is 3.25. The molecule has 31 heavy (non-hydrogen) atoms. The summed E-state index contributed by atoms with van der Waals surface area (Å²) < 4.78 is 34.0. The van der Waals surface area contributed by atoms with E-state index in [0.29, 0.717) is 34.0 Å². The van der Waals surface area contributed by atoms with Gasteiger partial charge in [-0.15, -0.1) is 0 Å². The Morgan fingerprint density at radius 2 is 1.68 bits per heavy atom. The maximum atomic E-state index is 13.0. The third-order valence-electron chi connectivity index (χ3n) is 4.59. The van der Waals surface area contributed by atoms with E-state index in [0.717, 1.165) is 11.1 Å². The molecule has 0 saturated heterocycles. The zero-order chi connectivity index (χ0) is 22.8. The van der Waals surface area contributed by atoms with Gasteiger partial charge in [-0.3, -0.25) is 9.52 Å². The third-order valence-corrected chi connectivity index (χ3v) is 6.12. The lowest BCUT2D eigenvalue weighted by Crippen LogP contribution is -2.14. The van der Waals surface area contributed by atoms with Crippen LogP contribution in [0.1, 0.15) is 40.6 Å². The Morgan fingerprint density at radius 3 is 2.32 bits per heavy atom. The van der Waals surface area contributed by atoms with Gasteiger partial charge in [0.25, 0.3) is 10.0 Å². The number of amides is 1. The van der Waals surface area contributed by atoms with Gasteiger partial charge in [0.05, 0.1) is 4.90 Å². The van der Waals surface area contributed by atoms with Crippen LogP contribution in [0, 0.1) is 27.7 Å². The Labute approximate surface area is 182 Å². The summed E-state index contributed by atoms with van der Waals surface area (Å²) >= 11 is 0. The molecule has 0 atom stereocenters. The Balaban J connectivity index is 1.91. The van der Waals surface area contributed by atoms with Gasteiger partial charge in [0.2, 0.25) is 5.91 Å². The summed E-state index contributed by atoms with van der Waals surface area (Å²) in [6.07, 6.45) is 3.35. The summed E-state index contributed by atoms with van der Waals surface area (Å²) in [5.74, 6) is 0.146. The molecule has 0 unspecified atom stereocenters. The lowest BCUT2D eigenvalue weighted by Gasteiger charge is -2.12. The fraction of sp³-hybridized carbons (Fsp3) is 0.217. The van der Waals surface area contributed by atoms with Crippen molar-refractivity contribution in [3.63, 3.8) is 0 Å². The first kappa shape index (κ1) is 22.3. The van der Waals surface area contributed by atoms with Crippen molar-refractivity contribution in [3.05, 3.63) is 70.1 Å². The van der Waals surface area contributed by atoms with E-state index in [9.17, 15) is 13.2 Å². The van der Waals surface area contributed by atoms with Crippen molar-refractivity contribution in [2.75, 3.05) is 10.0 Å². The summed E-state index contributed by atoms with van der Waals surface area (Å²) in [6.45, 7) is 8.71. The fourth-order valence-corrected chi connectivity index (χ4v) is 4.58. The zero-order valence-electron chi connectivity index (χ0n) is 18.1. The molecule has 2 aromatic carbocycles. The smallest absolute Gasteiger partial charge is 0.262 e. The second-order valence-electron chi connectivity index (χ2n) is 7.53. The monoisotopic (exact) mass is 439 g/mol. The number of rotatable bonds is 6. The minimum Gasteiger partial charge on any atom is -0.354 e. The molecule has 1 amide bonds. The van der Waals surface area contributed by atoms with Crippen LogP contribution in [-0.2, 0) is 14.8 Å². The SMILES string of the molecule is CC(=O)Nc1c(C)noc1/C=C\c1ccc(C)c(S(=O)(=O)Nc2cc(C)cc(C)c2)c1. The van der Waals surface area contributed by atoms with Gasteiger partial charge in [0.15, 0.2) is 5.76 Å². The summed E-state index contributed by atoms with van der Waals surface area (Å²) in [5, 5.41) is 6.55. The van der Waals surface area contributed by atoms with E-state index >= 15 is 0 Å². The second kappa shape index (κ2) is 8.77. The number of carbonyl (C=O) groups is 1. The molecule has 0 aliphatic heterocycles. The Morgan fingerprint density at radius 1 is 1.00 bits per heavy atom. The van der Waals surface area contributed by atoms with E-state index < -0.39 is 10.0 Å². The van der Waals surface area contributed by atoms with Gasteiger partial charge in [-0.1, -0.05) is 29.4 Å². The number of nitrogens with zero attached hydrogens (tertiary/aromatic N) is 1. The molecule has 0 spiro atoms. The number of carbonyl (C=O) groups excluding carboxylic acids is 1. The number of hydrogen-bond acceptors (Lipinski definition) is 5. The summed E-state index contributed by atoms with van der Waals surface area (Å²) in [4.78, 5) is 11.6. The molecule has 0 bridgehead atoms. The van der Waals surface area contributed by atoms with Crippen LogP contribution in [-0.4, -0.2) is 19.5 Å². The van der Waals surface area contributed by atoms with Gasteiger partial charge in [0.1, 0.15) is 11.4 Å².